The van der Waals surface area contributed by atoms with Crippen molar-refractivity contribution in [2.24, 2.45) is 0 Å². The monoisotopic (exact) mass is 285 g/mol. The van der Waals surface area contributed by atoms with Crippen LogP contribution in [0.15, 0.2) is 22.8 Å². The first-order valence-electron chi connectivity index (χ1n) is 5.00. The Hall–Kier alpha value is -0.980. The molecule has 1 aliphatic heterocycles. The average molecular weight is 286 g/mol. The van der Waals surface area contributed by atoms with Gasteiger partial charge in [-0.3, -0.25) is 4.79 Å². The van der Waals surface area contributed by atoms with Crippen LogP contribution in [0.4, 0.5) is 5.82 Å². The second-order valence-electron chi connectivity index (χ2n) is 3.42. The molecule has 0 aromatic carbocycles. The molecule has 1 aromatic heterocycles. The summed E-state index contributed by atoms with van der Waals surface area (Å²) in [5.74, 6) is 0.414. The molecular weight excluding hydrogens is 274 g/mol. The Morgan fingerprint density at radius 1 is 1.62 bits per heavy atom. The van der Waals surface area contributed by atoms with Crippen LogP contribution < -0.4 is 10.6 Å². The molecule has 1 saturated heterocycles. The zero-order valence-corrected chi connectivity index (χ0v) is 10.2. The number of pyridine rings is 1. The van der Waals surface area contributed by atoms with Gasteiger partial charge in [0.05, 0.1) is 13.2 Å². The molecule has 0 spiro atoms. The van der Waals surface area contributed by atoms with Gasteiger partial charge in [-0.15, -0.1) is 0 Å². The molecule has 1 aromatic rings. The molecule has 2 heterocycles. The highest BCUT2D eigenvalue weighted by Crippen LogP contribution is 2.10. The Bertz CT molecular complexity index is 380. The molecule has 86 valence electrons. The highest BCUT2D eigenvalue weighted by Gasteiger charge is 2.21. The predicted octanol–water partition coefficient (Wildman–Crippen LogP) is 0.771. The Balaban J connectivity index is 1.96. The summed E-state index contributed by atoms with van der Waals surface area (Å²) in [7, 11) is 0. The summed E-state index contributed by atoms with van der Waals surface area (Å²) in [6, 6.07) is 5.07. The number of halogens is 1. The Labute approximate surface area is 102 Å². The van der Waals surface area contributed by atoms with E-state index in [0.717, 1.165) is 0 Å². The minimum Gasteiger partial charge on any atom is -0.378 e. The lowest BCUT2D eigenvalue weighted by atomic mass is 10.2. The molecule has 5 nitrogen and oxygen atoms in total. The summed E-state index contributed by atoms with van der Waals surface area (Å²) in [6.45, 7) is 1.75. The molecule has 0 saturated carbocycles. The van der Waals surface area contributed by atoms with Gasteiger partial charge in [0.25, 0.3) is 0 Å². The van der Waals surface area contributed by atoms with Crippen molar-refractivity contribution in [2.45, 2.75) is 6.04 Å². The van der Waals surface area contributed by atoms with Gasteiger partial charge in [0.1, 0.15) is 16.5 Å². The van der Waals surface area contributed by atoms with Crippen molar-refractivity contribution in [3.8, 4) is 0 Å². The largest absolute Gasteiger partial charge is 0.378 e. The van der Waals surface area contributed by atoms with E-state index in [9.17, 15) is 4.79 Å². The lowest BCUT2D eigenvalue weighted by Crippen LogP contribution is -2.48. The van der Waals surface area contributed by atoms with E-state index in [1.165, 1.54) is 0 Å². The average Bonchev–Trinajstić information content (AvgIpc) is 2.30. The van der Waals surface area contributed by atoms with Gasteiger partial charge in [-0.1, -0.05) is 6.07 Å². The number of ether oxygens (including phenoxy) is 1. The maximum Gasteiger partial charge on any atom is 0.245 e. The van der Waals surface area contributed by atoms with Gasteiger partial charge >= 0.3 is 0 Å². The number of morpholine rings is 1. The van der Waals surface area contributed by atoms with Gasteiger partial charge in [0.15, 0.2) is 0 Å². The quantitative estimate of drug-likeness (QED) is 0.788. The summed E-state index contributed by atoms with van der Waals surface area (Å²) in [5, 5.41) is 5.81. The molecular formula is C10H12BrN3O2. The summed E-state index contributed by atoms with van der Waals surface area (Å²) >= 11 is 3.25. The van der Waals surface area contributed by atoms with Gasteiger partial charge in [-0.25, -0.2) is 4.98 Å². The standard InChI is InChI=1S/C10H12BrN3O2/c11-8-2-1-3-9(13-8)14-10(15)7-6-16-5-4-12-7/h1-3,7,12H,4-6H2,(H,13,14,15). The van der Waals surface area contributed by atoms with Crippen LogP contribution >= 0.6 is 15.9 Å². The highest BCUT2D eigenvalue weighted by molar-refractivity contribution is 9.10. The van der Waals surface area contributed by atoms with Crippen molar-refractivity contribution >= 4 is 27.7 Å². The van der Waals surface area contributed by atoms with E-state index in [0.29, 0.717) is 30.2 Å². The third-order valence-corrected chi connectivity index (χ3v) is 2.65. The van der Waals surface area contributed by atoms with Crippen LogP contribution in [-0.2, 0) is 9.53 Å². The highest BCUT2D eigenvalue weighted by atomic mass is 79.9. The third kappa shape index (κ3) is 3.01. The van der Waals surface area contributed by atoms with Gasteiger partial charge < -0.3 is 15.4 Å². The molecule has 1 fully saturated rings. The number of hydrogen-bond donors (Lipinski definition) is 2. The fourth-order valence-corrected chi connectivity index (χ4v) is 1.77. The minimum absolute atomic E-state index is 0.120. The molecule has 0 bridgehead atoms. The molecule has 2 rings (SSSR count). The van der Waals surface area contributed by atoms with Crippen LogP contribution in [-0.4, -0.2) is 36.7 Å². The maximum atomic E-state index is 11.8. The Morgan fingerprint density at radius 3 is 3.19 bits per heavy atom. The second-order valence-corrected chi connectivity index (χ2v) is 4.23. The van der Waals surface area contributed by atoms with E-state index in [1.807, 2.05) is 6.07 Å². The first-order valence-corrected chi connectivity index (χ1v) is 5.79. The Kier molecular flexibility index (Phi) is 3.87. The van der Waals surface area contributed by atoms with Gasteiger partial charge in [0, 0.05) is 6.54 Å². The first kappa shape index (κ1) is 11.5. The molecule has 0 aliphatic carbocycles. The van der Waals surface area contributed by atoms with Crippen molar-refractivity contribution in [3.05, 3.63) is 22.8 Å². The fourth-order valence-electron chi connectivity index (χ4n) is 1.43. The van der Waals surface area contributed by atoms with Crippen molar-refractivity contribution in [1.29, 1.82) is 0 Å². The Morgan fingerprint density at radius 2 is 2.50 bits per heavy atom. The number of nitrogens with zero attached hydrogens (tertiary/aromatic N) is 1. The summed E-state index contributed by atoms with van der Waals surface area (Å²) in [6.07, 6.45) is 0. The zero-order chi connectivity index (χ0) is 11.4. The van der Waals surface area contributed by atoms with Crippen LogP contribution in [0.25, 0.3) is 0 Å². The molecule has 1 aliphatic rings. The van der Waals surface area contributed by atoms with E-state index in [2.05, 4.69) is 31.5 Å². The molecule has 1 amide bonds. The van der Waals surface area contributed by atoms with Crippen molar-refractivity contribution < 1.29 is 9.53 Å². The number of anilines is 1. The fraction of sp³-hybridized carbons (Fsp3) is 0.400. The second kappa shape index (κ2) is 5.38. The van der Waals surface area contributed by atoms with Crippen molar-refractivity contribution in [3.63, 3.8) is 0 Å². The SMILES string of the molecule is O=C(Nc1cccc(Br)n1)C1COCCN1. The maximum absolute atomic E-state index is 11.8. The predicted molar refractivity (Wildman–Crippen MR) is 63.2 cm³/mol. The van der Waals surface area contributed by atoms with E-state index >= 15 is 0 Å². The minimum atomic E-state index is -0.297. The number of carbonyl (C=O) groups excluding carboxylic acids is 1. The smallest absolute Gasteiger partial charge is 0.245 e. The van der Waals surface area contributed by atoms with Crippen LogP contribution in [0.2, 0.25) is 0 Å². The summed E-state index contributed by atoms with van der Waals surface area (Å²) in [5.41, 5.74) is 0. The van der Waals surface area contributed by atoms with Gasteiger partial charge in [-0.2, -0.15) is 0 Å². The van der Waals surface area contributed by atoms with Crippen molar-refractivity contribution in [1.82, 2.24) is 10.3 Å². The van der Waals surface area contributed by atoms with Crippen molar-refractivity contribution in [2.75, 3.05) is 25.1 Å². The topological polar surface area (TPSA) is 63.2 Å². The van der Waals surface area contributed by atoms with Crippen LogP contribution in [0.3, 0.4) is 0 Å². The number of nitrogens with one attached hydrogen (secondary N) is 2. The van der Waals surface area contributed by atoms with E-state index in [1.54, 1.807) is 12.1 Å². The van der Waals surface area contributed by atoms with Crippen LogP contribution in [0, 0.1) is 0 Å². The first-order chi connectivity index (χ1) is 7.75. The summed E-state index contributed by atoms with van der Waals surface area (Å²) in [4.78, 5) is 15.9. The number of aromatic nitrogens is 1. The zero-order valence-electron chi connectivity index (χ0n) is 8.57. The number of amides is 1. The number of rotatable bonds is 2. The molecule has 1 atom stereocenters. The molecule has 0 radical (unpaired) electrons. The number of hydrogen-bond acceptors (Lipinski definition) is 4. The number of carbonyl (C=O) groups is 1. The third-order valence-electron chi connectivity index (χ3n) is 2.20. The molecule has 6 heteroatoms. The van der Waals surface area contributed by atoms with Crippen LogP contribution in [0.5, 0.6) is 0 Å². The normalized spacial score (nSPS) is 20.4. The van der Waals surface area contributed by atoms with E-state index in [4.69, 9.17) is 4.74 Å². The van der Waals surface area contributed by atoms with E-state index in [-0.39, 0.29) is 11.9 Å². The lowest BCUT2D eigenvalue weighted by molar-refractivity contribution is -0.120. The summed E-state index contributed by atoms with van der Waals surface area (Å²) < 4.78 is 5.90. The molecule has 16 heavy (non-hydrogen) atoms. The van der Waals surface area contributed by atoms with Gasteiger partial charge in [0.2, 0.25) is 5.91 Å². The molecule has 1 unspecified atom stereocenters. The van der Waals surface area contributed by atoms with Gasteiger partial charge in [-0.05, 0) is 28.1 Å². The van der Waals surface area contributed by atoms with E-state index < -0.39 is 0 Å². The van der Waals surface area contributed by atoms with Crippen LogP contribution in [0.1, 0.15) is 0 Å². The lowest BCUT2D eigenvalue weighted by Gasteiger charge is -2.22. The molecule has 2 N–H and O–H groups in total.